The summed E-state index contributed by atoms with van der Waals surface area (Å²) in [5, 5.41) is 0.856. The van der Waals surface area contributed by atoms with E-state index in [9.17, 15) is 17.6 Å². The van der Waals surface area contributed by atoms with Gasteiger partial charge in [-0.15, -0.1) is 0 Å². The minimum Gasteiger partial charge on any atom is -0.339 e. The van der Waals surface area contributed by atoms with E-state index in [1.165, 1.54) is 6.07 Å². The summed E-state index contributed by atoms with van der Waals surface area (Å²) in [6.45, 7) is 0. The van der Waals surface area contributed by atoms with E-state index in [4.69, 9.17) is 11.6 Å². The van der Waals surface area contributed by atoms with E-state index in [1.807, 2.05) is 0 Å². The summed E-state index contributed by atoms with van der Waals surface area (Å²) in [5.74, 6) is -2.51. The molecular weight excluding hydrogens is 308 g/mol. The van der Waals surface area contributed by atoms with Crippen molar-refractivity contribution in [1.82, 2.24) is 9.97 Å². The number of nitrogens with one attached hydrogen (secondary N) is 1. The molecule has 0 saturated heterocycles. The lowest BCUT2D eigenvalue weighted by molar-refractivity contribution is 0.151. The predicted molar refractivity (Wildman–Crippen MR) is 71.4 cm³/mol. The van der Waals surface area contributed by atoms with Gasteiger partial charge in [-0.2, -0.15) is 0 Å². The van der Waals surface area contributed by atoms with Crippen LogP contribution in [0.2, 0.25) is 5.15 Å². The summed E-state index contributed by atoms with van der Waals surface area (Å²) >= 11 is 5.74. The summed E-state index contributed by atoms with van der Waals surface area (Å²) in [6.07, 6.45) is -2.93. The van der Waals surface area contributed by atoms with E-state index in [0.29, 0.717) is 17.1 Å². The normalized spacial score (nSPS) is 11.5. The molecule has 7 heteroatoms. The molecule has 0 fully saturated rings. The summed E-state index contributed by atoms with van der Waals surface area (Å²) in [4.78, 5) is 6.77. The van der Waals surface area contributed by atoms with Gasteiger partial charge in [-0.3, -0.25) is 0 Å². The van der Waals surface area contributed by atoms with Crippen LogP contribution in [0.1, 0.15) is 12.0 Å². The lowest BCUT2D eigenvalue weighted by Crippen LogP contribution is -1.95. The second kappa shape index (κ2) is 5.04. The summed E-state index contributed by atoms with van der Waals surface area (Å²) in [7, 11) is 0. The van der Waals surface area contributed by atoms with Gasteiger partial charge in [-0.05, 0) is 30.3 Å². The molecular formula is C14H7ClF4N2. The van der Waals surface area contributed by atoms with Crippen molar-refractivity contribution < 1.29 is 17.6 Å². The highest BCUT2D eigenvalue weighted by atomic mass is 35.5. The number of rotatable bonds is 2. The van der Waals surface area contributed by atoms with Crippen molar-refractivity contribution in [1.29, 1.82) is 0 Å². The number of nitrogens with zero attached hydrogens (tertiary/aromatic N) is 1. The number of H-pyrrole nitrogens is 1. The largest absolute Gasteiger partial charge is 0.339 e. The lowest BCUT2D eigenvalue weighted by Gasteiger charge is -2.08. The van der Waals surface area contributed by atoms with E-state index >= 15 is 0 Å². The van der Waals surface area contributed by atoms with Crippen molar-refractivity contribution >= 4 is 22.6 Å². The smallest absolute Gasteiger partial charge is 0.264 e. The lowest BCUT2D eigenvalue weighted by atomic mass is 10.0. The molecule has 1 N–H and O–H groups in total. The van der Waals surface area contributed by atoms with Gasteiger partial charge in [-0.1, -0.05) is 11.6 Å². The van der Waals surface area contributed by atoms with Gasteiger partial charge in [0, 0.05) is 22.2 Å². The molecule has 2 aromatic heterocycles. The average Bonchev–Trinajstić information content (AvgIpc) is 2.83. The molecule has 21 heavy (non-hydrogen) atoms. The molecule has 1 aromatic carbocycles. The maximum absolute atomic E-state index is 13.4. The number of hydrogen-bond donors (Lipinski definition) is 1. The zero-order chi connectivity index (χ0) is 15.1. The minimum atomic E-state index is -2.93. The molecule has 0 bridgehead atoms. The maximum Gasteiger partial charge on any atom is 0.264 e. The molecule has 0 spiro atoms. The third-order valence-corrected chi connectivity index (χ3v) is 3.27. The van der Waals surface area contributed by atoms with Crippen LogP contribution in [0.5, 0.6) is 0 Å². The van der Waals surface area contributed by atoms with E-state index in [1.54, 1.807) is 12.1 Å². The molecule has 0 saturated carbocycles. The zero-order valence-electron chi connectivity index (χ0n) is 10.3. The number of aromatic amines is 1. The Morgan fingerprint density at radius 3 is 2.48 bits per heavy atom. The third kappa shape index (κ3) is 2.47. The fraction of sp³-hybridized carbons (Fsp3) is 0.0714. The number of alkyl halides is 2. The Morgan fingerprint density at radius 1 is 1.05 bits per heavy atom. The molecule has 3 aromatic rings. The Hall–Kier alpha value is -2.08. The first-order valence-electron chi connectivity index (χ1n) is 5.88. The van der Waals surface area contributed by atoms with Crippen LogP contribution in [0, 0.1) is 11.6 Å². The van der Waals surface area contributed by atoms with Crippen LogP contribution < -0.4 is 0 Å². The van der Waals surface area contributed by atoms with Gasteiger partial charge in [0.15, 0.2) is 11.6 Å². The van der Waals surface area contributed by atoms with Crippen LogP contribution in [0.4, 0.5) is 17.6 Å². The molecule has 2 heterocycles. The second-order valence-electron chi connectivity index (χ2n) is 4.41. The van der Waals surface area contributed by atoms with Crippen molar-refractivity contribution in [3.05, 3.63) is 52.7 Å². The summed E-state index contributed by atoms with van der Waals surface area (Å²) in [6, 6.07) is 5.95. The first-order valence-corrected chi connectivity index (χ1v) is 6.26. The summed E-state index contributed by atoms with van der Waals surface area (Å²) < 4.78 is 52.5. The van der Waals surface area contributed by atoms with Crippen LogP contribution in [0.15, 0.2) is 30.3 Å². The standard InChI is InChI=1S/C14H7ClF4N2/c15-12-2-1-6-3-11(20-14(6)21-12)7-4-9(16)10(17)5-8(7)13(18)19/h1-5,13H,(H,20,21). The van der Waals surface area contributed by atoms with Gasteiger partial charge in [0.1, 0.15) is 10.8 Å². The topological polar surface area (TPSA) is 28.7 Å². The predicted octanol–water partition coefficient (Wildman–Crippen LogP) is 5.10. The first kappa shape index (κ1) is 13.9. The van der Waals surface area contributed by atoms with Crippen LogP contribution in [0.25, 0.3) is 22.3 Å². The Balaban J connectivity index is 2.24. The van der Waals surface area contributed by atoms with Gasteiger partial charge in [-0.25, -0.2) is 22.5 Å². The zero-order valence-corrected chi connectivity index (χ0v) is 11.1. The molecule has 0 aliphatic carbocycles. The Morgan fingerprint density at radius 2 is 1.76 bits per heavy atom. The Labute approximate surface area is 121 Å². The molecule has 0 aliphatic rings. The van der Waals surface area contributed by atoms with Crippen molar-refractivity contribution in [2.45, 2.75) is 6.43 Å². The quantitative estimate of drug-likeness (QED) is 0.517. The van der Waals surface area contributed by atoms with Crippen molar-refractivity contribution in [2.75, 3.05) is 0 Å². The molecule has 2 nitrogen and oxygen atoms in total. The first-order chi connectivity index (χ1) is 9.95. The van der Waals surface area contributed by atoms with Crippen molar-refractivity contribution in [2.24, 2.45) is 0 Å². The molecule has 0 radical (unpaired) electrons. The molecule has 108 valence electrons. The van der Waals surface area contributed by atoms with Gasteiger partial charge in [0.05, 0.1) is 0 Å². The Bertz CT molecular complexity index is 829. The second-order valence-corrected chi connectivity index (χ2v) is 4.80. The van der Waals surface area contributed by atoms with Gasteiger partial charge < -0.3 is 4.98 Å². The highest BCUT2D eigenvalue weighted by Gasteiger charge is 2.19. The van der Waals surface area contributed by atoms with Crippen molar-refractivity contribution in [3.63, 3.8) is 0 Å². The molecule has 0 amide bonds. The van der Waals surface area contributed by atoms with E-state index in [2.05, 4.69) is 9.97 Å². The van der Waals surface area contributed by atoms with E-state index in [0.717, 1.165) is 6.07 Å². The third-order valence-electron chi connectivity index (χ3n) is 3.06. The fourth-order valence-electron chi connectivity index (χ4n) is 2.10. The SMILES string of the molecule is Fc1cc(-c2cc3ccc(Cl)nc3[nH]2)c(C(F)F)cc1F. The number of hydrogen-bond acceptors (Lipinski definition) is 1. The van der Waals surface area contributed by atoms with Crippen LogP contribution in [-0.4, -0.2) is 9.97 Å². The number of halogens is 5. The monoisotopic (exact) mass is 314 g/mol. The minimum absolute atomic E-state index is 0.113. The fourth-order valence-corrected chi connectivity index (χ4v) is 2.25. The molecule has 0 aliphatic heterocycles. The highest BCUT2D eigenvalue weighted by Crippen LogP contribution is 2.34. The van der Waals surface area contributed by atoms with Gasteiger partial charge in [0.25, 0.3) is 6.43 Å². The molecule has 0 unspecified atom stereocenters. The average molecular weight is 315 g/mol. The van der Waals surface area contributed by atoms with E-state index in [-0.39, 0.29) is 16.4 Å². The van der Waals surface area contributed by atoms with E-state index < -0.39 is 23.6 Å². The summed E-state index contributed by atoms with van der Waals surface area (Å²) in [5.41, 5.74) is -0.110. The molecule has 0 atom stereocenters. The number of aromatic nitrogens is 2. The number of fused-ring (bicyclic) bond motifs is 1. The van der Waals surface area contributed by atoms with Crippen molar-refractivity contribution in [3.8, 4) is 11.3 Å². The molecule has 3 rings (SSSR count). The maximum atomic E-state index is 13.4. The van der Waals surface area contributed by atoms with Crippen LogP contribution in [0.3, 0.4) is 0 Å². The van der Waals surface area contributed by atoms with Gasteiger partial charge >= 0.3 is 0 Å². The van der Waals surface area contributed by atoms with Crippen LogP contribution >= 0.6 is 11.6 Å². The van der Waals surface area contributed by atoms with Gasteiger partial charge in [0.2, 0.25) is 0 Å². The number of pyridine rings is 1. The Kier molecular flexibility index (Phi) is 3.33. The highest BCUT2D eigenvalue weighted by molar-refractivity contribution is 6.29. The van der Waals surface area contributed by atoms with Crippen LogP contribution in [-0.2, 0) is 0 Å². The number of benzene rings is 1.